The second kappa shape index (κ2) is 6.27. The predicted molar refractivity (Wildman–Crippen MR) is 91.7 cm³/mol. The van der Waals surface area contributed by atoms with E-state index in [1.165, 1.54) is 17.7 Å². The molecule has 1 atom stereocenters. The summed E-state index contributed by atoms with van der Waals surface area (Å²) in [7, 11) is 0. The van der Waals surface area contributed by atoms with Crippen molar-refractivity contribution in [2.75, 3.05) is 0 Å². The number of aromatic nitrogens is 3. The van der Waals surface area contributed by atoms with Crippen molar-refractivity contribution in [3.05, 3.63) is 64.9 Å². The molecule has 1 aromatic carbocycles. The van der Waals surface area contributed by atoms with Crippen molar-refractivity contribution in [2.24, 2.45) is 5.92 Å². The highest BCUT2D eigenvalue weighted by molar-refractivity contribution is 5.99. The highest BCUT2D eigenvalue weighted by Gasteiger charge is 2.21. The lowest BCUT2D eigenvalue weighted by Gasteiger charge is -2.21. The number of carbonyl (C=O) groups is 1. The van der Waals surface area contributed by atoms with E-state index in [1.54, 1.807) is 22.8 Å². The Morgan fingerprint density at radius 2 is 2.12 bits per heavy atom. The van der Waals surface area contributed by atoms with Gasteiger partial charge in [0.1, 0.15) is 11.4 Å². The molecule has 2 heterocycles. The summed E-state index contributed by atoms with van der Waals surface area (Å²) in [6, 6.07) is 6.07. The van der Waals surface area contributed by atoms with Gasteiger partial charge in [-0.2, -0.15) is 5.10 Å². The molecule has 0 fully saturated rings. The van der Waals surface area contributed by atoms with Crippen molar-refractivity contribution in [1.82, 2.24) is 19.9 Å². The number of carbonyl (C=O) groups excluding carboxylic acids is 1. The molecule has 128 valence electrons. The number of hydrogen-bond donors (Lipinski definition) is 1. The molecule has 0 spiro atoms. The Morgan fingerprint density at radius 3 is 2.92 bits per heavy atom. The van der Waals surface area contributed by atoms with Crippen molar-refractivity contribution in [1.29, 1.82) is 0 Å². The second-order valence-electron chi connectivity index (χ2n) is 6.68. The molecule has 1 aliphatic carbocycles. The molecule has 4 rings (SSSR count). The number of fused-ring (bicyclic) bond motifs is 3. The van der Waals surface area contributed by atoms with Crippen LogP contribution in [0, 0.1) is 11.7 Å². The number of nitrogens with zero attached hydrogens (tertiary/aromatic N) is 3. The van der Waals surface area contributed by atoms with Crippen molar-refractivity contribution in [3.63, 3.8) is 0 Å². The normalized spacial score (nSPS) is 16.6. The van der Waals surface area contributed by atoms with Crippen LogP contribution in [0.5, 0.6) is 0 Å². The number of rotatable bonds is 3. The molecule has 1 amide bonds. The fraction of sp³-hybridized carbons (Fsp3) is 0.316. The maximum atomic E-state index is 12.9. The van der Waals surface area contributed by atoms with E-state index in [4.69, 9.17) is 0 Å². The van der Waals surface area contributed by atoms with E-state index in [-0.39, 0.29) is 11.7 Å². The van der Waals surface area contributed by atoms with Crippen molar-refractivity contribution < 1.29 is 9.18 Å². The Balaban J connectivity index is 1.57. The van der Waals surface area contributed by atoms with Crippen molar-refractivity contribution in [2.45, 2.75) is 32.7 Å². The van der Waals surface area contributed by atoms with Gasteiger partial charge in [0.05, 0.1) is 6.20 Å². The zero-order chi connectivity index (χ0) is 17.4. The van der Waals surface area contributed by atoms with E-state index in [0.29, 0.717) is 23.7 Å². The van der Waals surface area contributed by atoms with Gasteiger partial charge in [-0.1, -0.05) is 19.1 Å². The van der Waals surface area contributed by atoms with E-state index in [2.05, 4.69) is 22.3 Å². The number of amides is 1. The number of aryl methyl sites for hydroxylation is 1. The van der Waals surface area contributed by atoms with Gasteiger partial charge >= 0.3 is 0 Å². The molecule has 25 heavy (non-hydrogen) atoms. The first-order valence-electron chi connectivity index (χ1n) is 8.49. The largest absolute Gasteiger partial charge is 0.348 e. The number of nitrogens with one attached hydrogen (secondary N) is 1. The zero-order valence-corrected chi connectivity index (χ0v) is 14.0. The first kappa shape index (κ1) is 15.7. The maximum Gasteiger partial charge on any atom is 0.257 e. The first-order valence-corrected chi connectivity index (χ1v) is 8.49. The second-order valence-corrected chi connectivity index (χ2v) is 6.68. The van der Waals surface area contributed by atoms with Crippen LogP contribution in [0.1, 0.15) is 40.5 Å². The molecular weight excluding hydrogens is 319 g/mol. The van der Waals surface area contributed by atoms with Gasteiger partial charge in [-0.25, -0.2) is 13.9 Å². The van der Waals surface area contributed by atoms with Gasteiger partial charge in [0, 0.05) is 18.4 Å². The number of halogens is 1. The average molecular weight is 338 g/mol. The van der Waals surface area contributed by atoms with Crippen LogP contribution in [0.15, 0.2) is 36.7 Å². The third kappa shape index (κ3) is 2.99. The quantitative estimate of drug-likeness (QED) is 0.799. The Kier molecular flexibility index (Phi) is 3.95. The summed E-state index contributed by atoms with van der Waals surface area (Å²) in [4.78, 5) is 17.0. The first-order chi connectivity index (χ1) is 12.1. The van der Waals surface area contributed by atoms with Crippen LogP contribution in [0.3, 0.4) is 0 Å². The summed E-state index contributed by atoms with van der Waals surface area (Å²) in [5.74, 6) is 0.137. The van der Waals surface area contributed by atoms with Crippen LogP contribution in [0.25, 0.3) is 5.65 Å². The third-order valence-corrected chi connectivity index (χ3v) is 4.77. The highest BCUT2D eigenvalue weighted by Crippen LogP contribution is 2.25. The molecule has 1 N–H and O–H groups in total. The van der Waals surface area contributed by atoms with Gasteiger partial charge in [-0.15, -0.1) is 0 Å². The summed E-state index contributed by atoms with van der Waals surface area (Å²) in [6.07, 6.45) is 6.52. The molecule has 0 aliphatic heterocycles. The Hall–Kier alpha value is -2.76. The van der Waals surface area contributed by atoms with E-state index in [9.17, 15) is 9.18 Å². The lowest BCUT2D eigenvalue weighted by atomic mass is 9.89. The smallest absolute Gasteiger partial charge is 0.257 e. The molecule has 0 bridgehead atoms. The van der Waals surface area contributed by atoms with Gasteiger partial charge in [-0.05, 0) is 48.4 Å². The summed E-state index contributed by atoms with van der Waals surface area (Å²) in [5, 5.41) is 7.23. The molecule has 6 heteroatoms. The molecular formula is C19H19FN4O. The number of hydrogen-bond acceptors (Lipinski definition) is 3. The molecule has 3 aromatic rings. The summed E-state index contributed by atoms with van der Waals surface area (Å²) >= 11 is 0. The van der Waals surface area contributed by atoms with E-state index in [0.717, 1.165) is 30.5 Å². The van der Waals surface area contributed by atoms with Crippen LogP contribution in [0.2, 0.25) is 0 Å². The fourth-order valence-electron chi connectivity index (χ4n) is 3.35. The predicted octanol–water partition coefficient (Wildman–Crippen LogP) is 2.92. The van der Waals surface area contributed by atoms with Crippen LogP contribution in [0.4, 0.5) is 4.39 Å². The van der Waals surface area contributed by atoms with Gasteiger partial charge in [-0.3, -0.25) is 4.79 Å². The van der Waals surface area contributed by atoms with E-state index >= 15 is 0 Å². The zero-order valence-electron chi connectivity index (χ0n) is 14.0. The van der Waals surface area contributed by atoms with Crippen molar-refractivity contribution >= 4 is 11.6 Å². The molecule has 0 saturated heterocycles. The maximum absolute atomic E-state index is 12.9. The SMILES string of the molecule is C[C@H]1CCc2c(cnc3c(C(=O)NCc4ccc(F)cc4)cnn23)C1. The summed E-state index contributed by atoms with van der Waals surface area (Å²) in [6.45, 7) is 2.57. The topological polar surface area (TPSA) is 59.3 Å². The molecule has 0 saturated carbocycles. The highest BCUT2D eigenvalue weighted by atomic mass is 19.1. The molecule has 0 radical (unpaired) electrons. The van der Waals surface area contributed by atoms with Gasteiger partial charge in [0.15, 0.2) is 5.65 Å². The third-order valence-electron chi connectivity index (χ3n) is 4.77. The average Bonchev–Trinajstić information content (AvgIpc) is 3.05. The Morgan fingerprint density at radius 1 is 1.32 bits per heavy atom. The van der Waals surface area contributed by atoms with Crippen LogP contribution < -0.4 is 5.32 Å². The van der Waals surface area contributed by atoms with Gasteiger partial charge in [0.2, 0.25) is 0 Å². The van der Waals surface area contributed by atoms with E-state index < -0.39 is 0 Å². The van der Waals surface area contributed by atoms with Crippen LogP contribution in [-0.2, 0) is 19.4 Å². The minimum absolute atomic E-state index is 0.226. The molecule has 0 unspecified atom stereocenters. The van der Waals surface area contributed by atoms with Crippen LogP contribution >= 0.6 is 0 Å². The fourth-order valence-corrected chi connectivity index (χ4v) is 3.35. The Labute approximate surface area is 144 Å². The van der Waals surface area contributed by atoms with Gasteiger partial charge < -0.3 is 5.32 Å². The Bertz CT molecular complexity index is 932. The summed E-state index contributed by atoms with van der Waals surface area (Å²) in [5.41, 5.74) is 4.26. The standard InChI is InChI=1S/C19H19FN4O/c1-12-2-7-17-14(8-12)10-21-18-16(11-23-24(17)18)19(25)22-9-13-3-5-15(20)6-4-13/h3-6,10-12H,2,7-9H2,1H3,(H,22,25)/t12-/m0/s1. The lowest BCUT2D eigenvalue weighted by molar-refractivity contribution is 0.0952. The molecule has 1 aliphatic rings. The van der Waals surface area contributed by atoms with E-state index in [1.807, 2.05) is 6.20 Å². The molecule has 2 aromatic heterocycles. The van der Waals surface area contributed by atoms with Gasteiger partial charge in [0.25, 0.3) is 5.91 Å². The van der Waals surface area contributed by atoms with Crippen LogP contribution in [-0.4, -0.2) is 20.5 Å². The lowest BCUT2D eigenvalue weighted by Crippen LogP contribution is -2.23. The number of benzene rings is 1. The minimum atomic E-state index is -0.291. The molecule has 5 nitrogen and oxygen atoms in total. The minimum Gasteiger partial charge on any atom is -0.348 e. The monoisotopic (exact) mass is 338 g/mol. The van der Waals surface area contributed by atoms with Crippen molar-refractivity contribution in [3.8, 4) is 0 Å². The summed E-state index contributed by atoms with van der Waals surface area (Å²) < 4.78 is 14.7.